The van der Waals surface area contributed by atoms with Gasteiger partial charge in [0.1, 0.15) is 17.1 Å². The van der Waals surface area contributed by atoms with E-state index in [1.807, 2.05) is 4.90 Å². The highest BCUT2D eigenvalue weighted by molar-refractivity contribution is 5.81. The van der Waals surface area contributed by atoms with Gasteiger partial charge in [0, 0.05) is 17.4 Å². The number of carbonyl (C=O) groups is 1. The van der Waals surface area contributed by atoms with Crippen molar-refractivity contribution in [1.82, 2.24) is 10.1 Å². The van der Waals surface area contributed by atoms with Gasteiger partial charge in [0.05, 0.1) is 6.54 Å². The summed E-state index contributed by atoms with van der Waals surface area (Å²) in [5.41, 5.74) is 5.75. The molecule has 20 heavy (non-hydrogen) atoms. The Morgan fingerprint density at radius 2 is 2.20 bits per heavy atom. The van der Waals surface area contributed by atoms with Gasteiger partial charge in [-0.2, -0.15) is 0 Å². The normalized spacial score (nSPS) is 17.6. The molecule has 3 rings (SSSR count). The predicted molar refractivity (Wildman–Crippen MR) is 71.6 cm³/mol. The van der Waals surface area contributed by atoms with Crippen molar-refractivity contribution in [3.63, 3.8) is 0 Å². The molecular weight excluding hydrogens is 261 g/mol. The van der Waals surface area contributed by atoms with E-state index in [1.165, 1.54) is 12.1 Å². The number of amides is 1. The van der Waals surface area contributed by atoms with Crippen molar-refractivity contribution < 1.29 is 13.7 Å². The lowest BCUT2D eigenvalue weighted by Crippen LogP contribution is -2.39. The average molecular weight is 277 g/mol. The molecule has 106 valence electrons. The average Bonchev–Trinajstić information content (AvgIpc) is 2.82. The SMILES string of the molecule is NC(=O)CN1CCC(c2onc3cc(F)ccc23)CC1. The molecule has 1 aliphatic rings. The van der Waals surface area contributed by atoms with Crippen LogP contribution < -0.4 is 5.73 Å². The number of primary amides is 1. The van der Waals surface area contributed by atoms with Gasteiger partial charge in [0.15, 0.2) is 0 Å². The van der Waals surface area contributed by atoms with E-state index < -0.39 is 0 Å². The number of nitrogens with two attached hydrogens (primary N) is 1. The van der Waals surface area contributed by atoms with Gasteiger partial charge in [-0.1, -0.05) is 5.16 Å². The zero-order valence-corrected chi connectivity index (χ0v) is 11.0. The summed E-state index contributed by atoms with van der Waals surface area (Å²) in [6, 6.07) is 4.52. The van der Waals surface area contributed by atoms with Crippen LogP contribution in [0.3, 0.4) is 0 Å². The first-order chi connectivity index (χ1) is 9.63. The molecule has 1 aliphatic heterocycles. The minimum atomic E-state index is -0.311. The number of carbonyl (C=O) groups excluding carboxylic acids is 1. The van der Waals surface area contributed by atoms with E-state index in [1.54, 1.807) is 6.07 Å². The number of piperidine rings is 1. The highest BCUT2D eigenvalue weighted by Gasteiger charge is 2.26. The molecule has 0 radical (unpaired) electrons. The highest BCUT2D eigenvalue weighted by atomic mass is 19.1. The molecule has 0 aliphatic carbocycles. The van der Waals surface area contributed by atoms with E-state index in [9.17, 15) is 9.18 Å². The molecule has 0 unspecified atom stereocenters. The number of benzene rings is 1. The van der Waals surface area contributed by atoms with Gasteiger partial charge in [-0.15, -0.1) is 0 Å². The number of nitrogens with zero attached hydrogens (tertiary/aromatic N) is 2. The molecule has 0 spiro atoms. The summed E-state index contributed by atoms with van der Waals surface area (Å²) in [4.78, 5) is 12.9. The van der Waals surface area contributed by atoms with E-state index >= 15 is 0 Å². The van der Waals surface area contributed by atoms with Crippen molar-refractivity contribution in [3.05, 3.63) is 29.8 Å². The van der Waals surface area contributed by atoms with E-state index in [0.717, 1.165) is 37.1 Å². The Morgan fingerprint density at radius 3 is 2.90 bits per heavy atom. The van der Waals surface area contributed by atoms with E-state index in [-0.39, 0.29) is 17.6 Å². The van der Waals surface area contributed by atoms with Crippen LogP contribution in [0.15, 0.2) is 22.7 Å². The lowest BCUT2D eigenvalue weighted by atomic mass is 9.92. The number of rotatable bonds is 3. The van der Waals surface area contributed by atoms with Crippen molar-refractivity contribution in [3.8, 4) is 0 Å². The summed E-state index contributed by atoms with van der Waals surface area (Å²) in [5.74, 6) is 0.464. The van der Waals surface area contributed by atoms with Crippen LogP contribution in [0.4, 0.5) is 4.39 Å². The lowest BCUT2D eigenvalue weighted by Gasteiger charge is -2.29. The highest BCUT2D eigenvalue weighted by Crippen LogP contribution is 2.33. The third-order valence-corrected chi connectivity index (χ3v) is 3.81. The van der Waals surface area contributed by atoms with Crippen LogP contribution in [0, 0.1) is 5.82 Å². The molecule has 2 heterocycles. The maximum Gasteiger partial charge on any atom is 0.231 e. The van der Waals surface area contributed by atoms with E-state index in [2.05, 4.69) is 5.16 Å². The quantitative estimate of drug-likeness (QED) is 0.925. The number of fused-ring (bicyclic) bond motifs is 1. The number of hydrogen-bond acceptors (Lipinski definition) is 4. The lowest BCUT2D eigenvalue weighted by molar-refractivity contribution is -0.119. The van der Waals surface area contributed by atoms with Gasteiger partial charge in [0.2, 0.25) is 5.91 Å². The van der Waals surface area contributed by atoms with Crippen LogP contribution in [0.5, 0.6) is 0 Å². The second-order valence-corrected chi connectivity index (χ2v) is 5.23. The summed E-state index contributed by atoms with van der Waals surface area (Å²) in [6.45, 7) is 1.91. The molecule has 1 saturated heterocycles. The molecule has 1 fully saturated rings. The topological polar surface area (TPSA) is 72.4 Å². The number of hydrogen-bond donors (Lipinski definition) is 1. The molecule has 1 amide bonds. The van der Waals surface area contributed by atoms with Crippen LogP contribution in [-0.4, -0.2) is 35.6 Å². The molecule has 0 atom stereocenters. The number of aromatic nitrogens is 1. The van der Waals surface area contributed by atoms with Crippen molar-refractivity contribution in [2.45, 2.75) is 18.8 Å². The minimum Gasteiger partial charge on any atom is -0.369 e. The summed E-state index contributed by atoms with van der Waals surface area (Å²) >= 11 is 0. The van der Waals surface area contributed by atoms with Gasteiger partial charge < -0.3 is 10.3 Å². The largest absolute Gasteiger partial charge is 0.369 e. The van der Waals surface area contributed by atoms with Crippen LogP contribution in [0.25, 0.3) is 10.9 Å². The second-order valence-electron chi connectivity index (χ2n) is 5.23. The summed E-state index contributed by atoms with van der Waals surface area (Å²) in [7, 11) is 0. The molecule has 2 N–H and O–H groups in total. The molecular formula is C14H16FN3O2. The summed E-state index contributed by atoms with van der Waals surface area (Å²) in [6.07, 6.45) is 1.77. The number of halogens is 1. The van der Waals surface area contributed by atoms with Gasteiger partial charge >= 0.3 is 0 Å². The smallest absolute Gasteiger partial charge is 0.231 e. The van der Waals surface area contributed by atoms with Crippen LogP contribution >= 0.6 is 0 Å². The predicted octanol–water partition coefficient (Wildman–Crippen LogP) is 1.63. The van der Waals surface area contributed by atoms with Crippen LogP contribution in [0.1, 0.15) is 24.5 Å². The third-order valence-electron chi connectivity index (χ3n) is 3.81. The maximum atomic E-state index is 13.1. The fraction of sp³-hybridized carbons (Fsp3) is 0.429. The molecule has 1 aromatic carbocycles. The Morgan fingerprint density at radius 1 is 1.45 bits per heavy atom. The minimum absolute atomic E-state index is 0.259. The molecule has 1 aromatic heterocycles. The first-order valence-electron chi connectivity index (χ1n) is 6.69. The Bertz CT molecular complexity index is 632. The van der Waals surface area contributed by atoms with Gasteiger partial charge in [-0.3, -0.25) is 9.69 Å². The molecule has 6 heteroatoms. The Balaban J connectivity index is 1.75. The van der Waals surface area contributed by atoms with Crippen molar-refractivity contribution in [1.29, 1.82) is 0 Å². The Labute approximate surface area is 115 Å². The number of likely N-dealkylation sites (tertiary alicyclic amines) is 1. The third kappa shape index (κ3) is 2.51. The second kappa shape index (κ2) is 5.20. The fourth-order valence-corrected chi connectivity index (χ4v) is 2.80. The van der Waals surface area contributed by atoms with Crippen molar-refractivity contribution in [2.24, 2.45) is 5.73 Å². The standard InChI is InChI=1S/C14H16FN3O2/c15-10-1-2-11-12(7-10)17-20-14(11)9-3-5-18(6-4-9)8-13(16)19/h1-2,7,9H,3-6,8H2,(H2,16,19). The Kier molecular flexibility index (Phi) is 3.40. The first-order valence-corrected chi connectivity index (χ1v) is 6.69. The zero-order chi connectivity index (χ0) is 14.1. The van der Waals surface area contributed by atoms with Crippen molar-refractivity contribution in [2.75, 3.05) is 19.6 Å². The molecule has 5 nitrogen and oxygen atoms in total. The Hall–Kier alpha value is -1.95. The molecule has 0 saturated carbocycles. The van der Waals surface area contributed by atoms with E-state index in [0.29, 0.717) is 12.1 Å². The monoisotopic (exact) mass is 277 g/mol. The first kappa shape index (κ1) is 13.1. The molecule has 0 bridgehead atoms. The van der Waals surface area contributed by atoms with Gasteiger partial charge in [-0.25, -0.2) is 4.39 Å². The summed E-state index contributed by atoms with van der Waals surface area (Å²) < 4.78 is 18.5. The van der Waals surface area contributed by atoms with Crippen LogP contribution in [-0.2, 0) is 4.79 Å². The fourth-order valence-electron chi connectivity index (χ4n) is 2.80. The molecule has 2 aromatic rings. The summed E-state index contributed by atoms with van der Waals surface area (Å²) in [5, 5.41) is 4.79. The van der Waals surface area contributed by atoms with Gasteiger partial charge in [-0.05, 0) is 38.1 Å². The maximum absolute atomic E-state index is 13.1. The zero-order valence-electron chi connectivity index (χ0n) is 11.0. The van der Waals surface area contributed by atoms with E-state index in [4.69, 9.17) is 10.3 Å². The van der Waals surface area contributed by atoms with Gasteiger partial charge in [0.25, 0.3) is 0 Å². The van der Waals surface area contributed by atoms with Crippen LogP contribution in [0.2, 0.25) is 0 Å². The van der Waals surface area contributed by atoms with Crippen molar-refractivity contribution >= 4 is 16.8 Å².